The van der Waals surface area contributed by atoms with Crippen LogP contribution in [0.5, 0.6) is 0 Å². The van der Waals surface area contributed by atoms with Crippen LogP contribution in [-0.4, -0.2) is 38.8 Å². The summed E-state index contributed by atoms with van der Waals surface area (Å²) in [6.07, 6.45) is 4.37. The number of unbranched alkanes of at least 4 members (excludes halogenated alkanes) is 1. The lowest BCUT2D eigenvalue weighted by molar-refractivity contribution is -0.136. The Balaban J connectivity index is 2.24. The van der Waals surface area contributed by atoms with Gasteiger partial charge in [-0.25, -0.2) is 4.98 Å². The maximum Gasteiger partial charge on any atom is 0.307 e. The minimum atomic E-state index is -0.844. The molecular weight excluding hydrogens is 356 g/mol. The average Bonchev–Trinajstić information content (AvgIpc) is 2.63. The lowest BCUT2D eigenvalue weighted by atomic mass is 10.0. The van der Waals surface area contributed by atoms with Crippen molar-refractivity contribution in [3.63, 3.8) is 0 Å². The Morgan fingerprint density at radius 3 is 2.46 bits per heavy atom. The molecule has 1 aromatic heterocycles. The van der Waals surface area contributed by atoms with Crippen molar-refractivity contribution < 1.29 is 15.0 Å². The van der Waals surface area contributed by atoms with E-state index >= 15 is 0 Å². The van der Waals surface area contributed by atoms with E-state index in [1.807, 2.05) is 31.2 Å². The molecule has 0 saturated heterocycles. The fourth-order valence-corrected chi connectivity index (χ4v) is 3.19. The van der Waals surface area contributed by atoms with E-state index in [-0.39, 0.29) is 25.0 Å². The van der Waals surface area contributed by atoms with Gasteiger partial charge in [-0.3, -0.25) is 4.79 Å². The third-order valence-corrected chi connectivity index (χ3v) is 4.71. The van der Waals surface area contributed by atoms with E-state index in [9.17, 15) is 9.90 Å². The summed E-state index contributed by atoms with van der Waals surface area (Å²) < 4.78 is 0. The van der Waals surface area contributed by atoms with Crippen molar-refractivity contribution in [1.29, 1.82) is 0 Å². The summed E-state index contributed by atoms with van der Waals surface area (Å²) in [6.45, 7) is 4.16. The van der Waals surface area contributed by atoms with Crippen LogP contribution in [-0.2, 0) is 17.6 Å². The number of rotatable bonds is 11. The largest absolute Gasteiger partial charge is 0.481 e. The summed E-state index contributed by atoms with van der Waals surface area (Å²) in [4.78, 5) is 19.6. The topological polar surface area (TPSA) is 121 Å². The van der Waals surface area contributed by atoms with Crippen LogP contribution in [0.4, 0.5) is 11.8 Å². The Labute approximate surface area is 166 Å². The van der Waals surface area contributed by atoms with E-state index in [4.69, 9.17) is 10.8 Å². The Morgan fingerprint density at radius 1 is 1.18 bits per heavy atom. The number of nitrogen functional groups attached to an aromatic ring is 1. The van der Waals surface area contributed by atoms with Crippen molar-refractivity contribution >= 4 is 17.7 Å². The Kier molecular flexibility index (Phi) is 8.19. The molecule has 0 aliphatic heterocycles. The maximum absolute atomic E-state index is 10.8. The summed E-state index contributed by atoms with van der Waals surface area (Å²) in [5, 5.41) is 21.7. The number of aromatic nitrogens is 2. The zero-order valence-electron chi connectivity index (χ0n) is 16.6. The highest BCUT2D eigenvalue weighted by molar-refractivity contribution is 5.70. The lowest BCUT2D eigenvalue weighted by Crippen LogP contribution is -2.23. The third kappa shape index (κ3) is 6.49. The van der Waals surface area contributed by atoms with Crippen LogP contribution < -0.4 is 11.1 Å². The number of aryl methyl sites for hydroxylation is 1. The number of carboxylic acid groups (broad SMARTS) is 1. The number of anilines is 2. The third-order valence-electron chi connectivity index (χ3n) is 4.71. The molecule has 0 radical (unpaired) electrons. The molecule has 0 aliphatic rings. The number of carboxylic acids is 1. The van der Waals surface area contributed by atoms with Crippen LogP contribution >= 0.6 is 0 Å². The highest BCUT2D eigenvalue weighted by Crippen LogP contribution is 2.23. The van der Waals surface area contributed by atoms with Crippen LogP contribution in [0.1, 0.15) is 55.0 Å². The predicted molar refractivity (Wildman–Crippen MR) is 110 cm³/mol. The average molecular weight is 386 g/mol. The molecule has 0 fully saturated rings. The first-order valence-corrected chi connectivity index (χ1v) is 9.72. The van der Waals surface area contributed by atoms with Gasteiger partial charge in [0.25, 0.3) is 0 Å². The quantitative estimate of drug-likeness (QED) is 0.468. The minimum Gasteiger partial charge on any atom is -0.481 e. The molecule has 7 heteroatoms. The number of nitrogens with one attached hydrogen (secondary N) is 1. The molecule has 0 amide bonds. The molecule has 0 aliphatic carbocycles. The van der Waals surface area contributed by atoms with Gasteiger partial charge in [0.1, 0.15) is 5.82 Å². The van der Waals surface area contributed by atoms with Gasteiger partial charge in [0.15, 0.2) is 0 Å². The first-order valence-electron chi connectivity index (χ1n) is 9.72. The van der Waals surface area contributed by atoms with Crippen molar-refractivity contribution in [2.24, 2.45) is 0 Å². The summed E-state index contributed by atoms with van der Waals surface area (Å²) in [7, 11) is 0. The second-order valence-corrected chi connectivity index (χ2v) is 7.05. The highest BCUT2D eigenvalue weighted by Gasteiger charge is 2.16. The van der Waals surface area contributed by atoms with Gasteiger partial charge in [-0.1, -0.05) is 44.0 Å². The van der Waals surface area contributed by atoms with Gasteiger partial charge in [0, 0.05) is 30.3 Å². The molecule has 1 heterocycles. The molecule has 152 valence electrons. The normalized spacial score (nSPS) is 12.0. The SMILES string of the molecule is CCCCC(CCO)Nc1nc(N)nc(C)c1Cc1ccc(CC(=O)O)cc1. The fourth-order valence-electron chi connectivity index (χ4n) is 3.19. The fraction of sp³-hybridized carbons (Fsp3) is 0.476. The van der Waals surface area contributed by atoms with Crippen molar-refractivity contribution in [2.45, 2.75) is 58.4 Å². The molecule has 0 saturated carbocycles. The molecule has 5 N–H and O–H groups in total. The standard InChI is InChI=1S/C21H30N4O3/c1-3-4-5-17(10-11-26)24-20-18(14(2)23-21(22)25-20)12-15-6-8-16(9-7-15)13-19(27)28/h6-9,17,26H,3-5,10-13H2,1-2H3,(H,27,28)(H3,22,23,24,25). The van der Waals surface area contributed by atoms with E-state index in [1.54, 1.807) is 0 Å². The van der Waals surface area contributed by atoms with Gasteiger partial charge in [0.2, 0.25) is 5.95 Å². The first kappa shape index (κ1) is 21.6. The molecule has 28 heavy (non-hydrogen) atoms. The molecule has 1 unspecified atom stereocenters. The minimum absolute atomic E-state index is 0.0113. The van der Waals surface area contributed by atoms with E-state index < -0.39 is 5.97 Å². The Morgan fingerprint density at radius 2 is 1.86 bits per heavy atom. The van der Waals surface area contributed by atoms with Gasteiger partial charge >= 0.3 is 5.97 Å². The number of nitrogens with zero attached hydrogens (tertiary/aromatic N) is 2. The molecule has 0 spiro atoms. The number of aliphatic hydroxyl groups excluding tert-OH is 1. The van der Waals surface area contributed by atoms with Crippen molar-refractivity contribution in [3.8, 4) is 0 Å². The van der Waals surface area contributed by atoms with E-state index in [0.717, 1.165) is 41.6 Å². The van der Waals surface area contributed by atoms with E-state index in [2.05, 4.69) is 22.2 Å². The summed E-state index contributed by atoms with van der Waals surface area (Å²) in [5.41, 5.74) is 9.45. The Bertz CT molecular complexity index is 778. The van der Waals surface area contributed by atoms with Crippen LogP contribution in [0.2, 0.25) is 0 Å². The van der Waals surface area contributed by atoms with Crippen LogP contribution in [0.3, 0.4) is 0 Å². The lowest BCUT2D eigenvalue weighted by Gasteiger charge is -2.21. The number of carbonyl (C=O) groups is 1. The smallest absolute Gasteiger partial charge is 0.307 e. The second-order valence-electron chi connectivity index (χ2n) is 7.05. The molecule has 2 aromatic rings. The number of hydrogen-bond acceptors (Lipinski definition) is 6. The first-order chi connectivity index (χ1) is 13.4. The predicted octanol–water partition coefficient (Wildman–Crippen LogP) is 2.94. The van der Waals surface area contributed by atoms with Crippen LogP contribution in [0.15, 0.2) is 24.3 Å². The summed E-state index contributed by atoms with van der Waals surface area (Å²) in [5.74, 6) is 0.0805. The van der Waals surface area contributed by atoms with Crippen molar-refractivity contribution in [3.05, 3.63) is 46.6 Å². The number of aliphatic hydroxyl groups is 1. The number of hydrogen-bond donors (Lipinski definition) is 4. The molecule has 1 aromatic carbocycles. The molecule has 2 rings (SSSR count). The van der Waals surface area contributed by atoms with Crippen molar-refractivity contribution in [2.75, 3.05) is 17.7 Å². The van der Waals surface area contributed by atoms with Gasteiger partial charge in [-0.05, 0) is 30.9 Å². The van der Waals surface area contributed by atoms with E-state index in [1.165, 1.54) is 0 Å². The van der Waals surface area contributed by atoms with Gasteiger partial charge in [0.05, 0.1) is 6.42 Å². The summed E-state index contributed by atoms with van der Waals surface area (Å²) >= 11 is 0. The second kappa shape index (κ2) is 10.6. The Hall–Kier alpha value is -2.67. The number of aliphatic carboxylic acids is 1. The van der Waals surface area contributed by atoms with Crippen LogP contribution in [0, 0.1) is 6.92 Å². The maximum atomic E-state index is 10.8. The van der Waals surface area contributed by atoms with E-state index in [0.29, 0.717) is 18.7 Å². The van der Waals surface area contributed by atoms with Gasteiger partial charge < -0.3 is 21.3 Å². The summed E-state index contributed by atoms with van der Waals surface area (Å²) in [6, 6.07) is 7.65. The van der Waals surface area contributed by atoms with Gasteiger partial charge in [-0.15, -0.1) is 0 Å². The molecule has 1 atom stereocenters. The number of benzene rings is 1. The molecular formula is C21H30N4O3. The number of nitrogens with two attached hydrogens (primary N) is 1. The van der Waals surface area contributed by atoms with Crippen molar-refractivity contribution in [1.82, 2.24) is 9.97 Å². The van der Waals surface area contributed by atoms with Gasteiger partial charge in [-0.2, -0.15) is 4.98 Å². The zero-order chi connectivity index (χ0) is 20.5. The molecule has 7 nitrogen and oxygen atoms in total. The monoisotopic (exact) mass is 386 g/mol. The van der Waals surface area contributed by atoms with Crippen LogP contribution in [0.25, 0.3) is 0 Å². The zero-order valence-corrected chi connectivity index (χ0v) is 16.6. The highest BCUT2D eigenvalue weighted by atomic mass is 16.4. The molecule has 0 bridgehead atoms.